The van der Waals surface area contributed by atoms with Crippen LogP contribution in [-0.4, -0.2) is 40.8 Å². The molecule has 32 heavy (non-hydrogen) atoms. The molecule has 0 fully saturated rings. The van der Waals surface area contributed by atoms with Crippen molar-refractivity contribution >= 4 is 23.4 Å². The summed E-state index contributed by atoms with van der Waals surface area (Å²) < 4.78 is 4.91. The standard InChI is InChI=1S/C22H21N7O2S/c1-14-11-15(2)29(25-14)19-7-8-21(31)28(26-19)13-20(30)23-17-6-4-3-5-16(17)18-12-27-9-10-32-22(27)24-18/h3-8,11-12H,9-10,13H2,1-2H3,(H,23,30). The van der Waals surface area contributed by atoms with Gasteiger partial charge in [-0.1, -0.05) is 30.0 Å². The highest BCUT2D eigenvalue weighted by atomic mass is 32.2. The SMILES string of the molecule is Cc1cc(C)n(-c2ccc(=O)n(CC(=O)Nc3ccccc3-c3cn4c(n3)SCC4)n2)n1. The number of para-hydroxylation sites is 1. The third-order valence-corrected chi connectivity index (χ3v) is 6.12. The zero-order valence-electron chi connectivity index (χ0n) is 17.6. The van der Waals surface area contributed by atoms with Gasteiger partial charge < -0.3 is 9.88 Å². The van der Waals surface area contributed by atoms with Crippen LogP contribution in [0.5, 0.6) is 0 Å². The fourth-order valence-electron chi connectivity index (χ4n) is 3.71. The summed E-state index contributed by atoms with van der Waals surface area (Å²) in [5.74, 6) is 1.16. The predicted molar refractivity (Wildman–Crippen MR) is 122 cm³/mol. The summed E-state index contributed by atoms with van der Waals surface area (Å²) in [6.45, 7) is 4.51. The highest BCUT2D eigenvalue weighted by molar-refractivity contribution is 7.99. The molecule has 0 radical (unpaired) electrons. The molecule has 0 aliphatic carbocycles. The number of hydrogen-bond donors (Lipinski definition) is 1. The number of thioether (sulfide) groups is 1. The van der Waals surface area contributed by atoms with E-state index in [9.17, 15) is 9.59 Å². The lowest BCUT2D eigenvalue weighted by Crippen LogP contribution is -2.30. The van der Waals surface area contributed by atoms with E-state index >= 15 is 0 Å². The van der Waals surface area contributed by atoms with Gasteiger partial charge in [0.2, 0.25) is 5.91 Å². The molecule has 0 atom stereocenters. The maximum Gasteiger partial charge on any atom is 0.267 e. The molecular weight excluding hydrogens is 426 g/mol. The molecule has 1 aliphatic heterocycles. The fraction of sp³-hybridized carbons (Fsp3) is 0.227. The summed E-state index contributed by atoms with van der Waals surface area (Å²) >= 11 is 1.72. The lowest BCUT2D eigenvalue weighted by Gasteiger charge is -2.11. The van der Waals surface area contributed by atoms with E-state index in [0.29, 0.717) is 11.5 Å². The first-order valence-electron chi connectivity index (χ1n) is 10.2. The van der Waals surface area contributed by atoms with Gasteiger partial charge in [-0.25, -0.2) is 14.3 Å². The number of carbonyl (C=O) groups excluding carboxylic acids is 1. The molecule has 1 amide bonds. The third-order valence-electron chi connectivity index (χ3n) is 5.15. The molecule has 4 aromatic rings. The number of nitrogens with zero attached hydrogens (tertiary/aromatic N) is 6. The Morgan fingerprint density at radius 2 is 2.00 bits per heavy atom. The number of carbonyl (C=O) groups is 1. The second-order valence-corrected chi connectivity index (χ2v) is 8.63. The molecular formula is C22H21N7O2S. The molecule has 5 rings (SSSR count). The van der Waals surface area contributed by atoms with E-state index in [4.69, 9.17) is 0 Å². The van der Waals surface area contributed by atoms with Gasteiger partial charge in [-0.3, -0.25) is 9.59 Å². The van der Waals surface area contributed by atoms with Gasteiger partial charge in [0.05, 0.1) is 17.1 Å². The van der Waals surface area contributed by atoms with E-state index in [1.807, 2.05) is 50.4 Å². The number of anilines is 1. The molecule has 3 aromatic heterocycles. The summed E-state index contributed by atoms with van der Waals surface area (Å²) in [4.78, 5) is 29.8. The maximum atomic E-state index is 12.8. The van der Waals surface area contributed by atoms with Crippen molar-refractivity contribution in [1.29, 1.82) is 0 Å². The zero-order chi connectivity index (χ0) is 22.2. The van der Waals surface area contributed by atoms with Crippen LogP contribution < -0.4 is 10.9 Å². The third kappa shape index (κ3) is 3.84. The van der Waals surface area contributed by atoms with Crippen molar-refractivity contribution in [2.45, 2.75) is 32.1 Å². The minimum atomic E-state index is -0.360. The number of amides is 1. The van der Waals surface area contributed by atoms with Gasteiger partial charge in [-0.05, 0) is 32.0 Å². The lowest BCUT2D eigenvalue weighted by molar-refractivity contribution is -0.117. The normalized spacial score (nSPS) is 12.7. The average molecular weight is 448 g/mol. The number of hydrogen-bond acceptors (Lipinski definition) is 6. The summed E-state index contributed by atoms with van der Waals surface area (Å²) in [6.07, 6.45) is 2.00. The molecule has 0 bridgehead atoms. The molecule has 4 heterocycles. The summed E-state index contributed by atoms with van der Waals surface area (Å²) in [5.41, 5.74) is 3.66. The zero-order valence-corrected chi connectivity index (χ0v) is 18.5. The number of rotatable bonds is 5. The maximum absolute atomic E-state index is 12.8. The van der Waals surface area contributed by atoms with E-state index in [1.54, 1.807) is 22.5 Å². The van der Waals surface area contributed by atoms with Gasteiger partial charge in [0.15, 0.2) is 11.0 Å². The highest BCUT2D eigenvalue weighted by Crippen LogP contribution is 2.32. The van der Waals surface area contributed by atoms with E-state index in [1.165, 1.54) is 6.07 Å². The van der Waals surface area contributed by atoms with Gasteiger partial charge in [0, 0.05) is 35.8 Å². The molecule has 0 saturated carbocycles. The van der Waals surface area contributed by atoms with Crippen molar-refractivity contribution in [2.24, 2.45) is 0 Å². The van der Waals surface area contributed by atoms with E-state index in [-0.39, 0.29) is 18.0 Å². The number of aryl methyl sites for hydroxylation is 3. The minimum Gasteiger partial charge on any atom is -0.325 e. The largest absolute Gasteiger partial charge is 0.325 e. The Balaban J connectivity index is 1.38. The number of benzene rings is 1. The Bertz CT molecular complexity index is 1360. The van der Waals surface area contributed by atoms with Crippen LogP contribution in [0.2, 0.25) is 0 Å². The van der Waals surface area contributed by atoms with E-state index in [0.717, 1.165) is 44.8 Å². The Labute approximate surface area is 188 Å². The highest BCUT2D eigenvalue weighted by Gasteiger charge is 2.18. The van der Waals surface area contributed by atoms with Crippen molar-refractivity contribution in [3.63, 3.8) is 0 Å². The molecule has 0 unspecified atom stereocenters. The number of nitrogens with one attached hydrogen (secondary N) is 1. The van der Waals surface area contributed by atoms with Crippen molar-refractivity contribution in [3.05, 3.63) is 70.4 Å². The first-order valence-corrected chi connectivity index (χ1v) is 11.2. The molecule has 1 aliphatic rings. The van der Waals surface area contributed by atoms with Crippen LogP contribution in [0.15, 0.2) is 58.6 Å². The van der Waals surface area contributed by atoms with Crippen LogP contribution >= 0.6 is 11.8 Å². The second-order valence-electron chi connectivity index (χ2n) is 7.57. The van der Waals surface area contributed by atoms with Crippen LogP contribution in [-0.2, 0) is 17.9 Å². The van der Waals surface area contributed by atoms with Crippen LogP contribution in [0, 0.1) is 13.8 Å². The fourth-order valence-corrected chi connectivity index (χ4v) is 4.65. The predicted octanol–water partition coefficient (Wildman–Crippen LogP) is 2.65. The van der Waals surface area contributed by atoms with Crippen molar-refractivity contribution in [1.82, 2.24) is 29.1 Å². The summed E-state index contributed by atoms with van der Waals surface area (Å²) in [7, 11) is 0. The summed E-state index contributed by atoms with van der Waals surface area (Å²) in [5, 5.41) is 12.6. The van der Waals surface area contributed by atoms with Crippen LogP contribution in [0.1, 0.15) is 11.4 Å². The number of aromatic nitrogens is 6. The molecule has 10 heteroatoms. The van der Waals surface area contributed by atoms with Crippen molar-refractivity contribution < 1.29 is 4.79 Å². The molecule has 162 valence electrons. The lowest BCUT2D eigenvalue weighted by atomic mass is 10.1. The second kappa shape index (κ2) is 8.12. The van der Waals surface area contributed by atoms with Gasteiger partial charge >= 0.3 is 0 Å². The van der Waals surface area contributed by atoms with E-state index < -0.39 is 0 Å². The molecule has 0 spiro atoms. The Morgan fingerprint density at radius 3 is 2.78 bits per heavy atom. The average Bonchev–Trinajstić information content (AvgIpc) is 3.45. The molecule has 1 aromatic carbocycles. The Morgan fingerprint density at radius 1 is 1.16 bits per heavy atom. The smallest absolute Gasteiger partial charge is 0.267 e. The number of imidazole rings is 1. The van der Waals surface area contributed by atoms with E-state index in [2.05, 4.69) is 25.1 Å². The molecule has 0 saturated heterocycles. The Hall–Kier alpha value is -3.66. The quantitative estimate of drug-likeness (QED) is 0.505. The molecule has 9 nitrogen and oxygen atoms in total. The topological polar surface area (TPSA) is 99.6 Å². The van der Waals surface area contributed by atoms with Gasteiger partial charge in [0.25, 0.3) is 5.56 Å². The van der Waals surface area contributed by atoms with Crippen LogP contribution in [0.3, 0.4) is 0 Å². The first kappa shape index (κ1) is 20.3. The van der Waals surface area contributed by atoms with Crippen LogP contribution in [0.25, 0.3) is 17.1 Å². The van der Waals surface area contributed by atoms with Gasteiger partial charge in [0.1, 0.15) is 6.54 Å². The van der Waals surface area contributed by atoms with Crippen molar-refractivity contribution in [3.8, 4) is 17.1 Å². The van der Waals surface area contributed by atoms with Gasteiger partial charge in [-0.15, -0.1) is 5.10 Å². The van der Waals surface area contributed by atoms with Crippen molar-refractivity contribution in [2.75, 3.05) is 11.1 Å². The Kier molecular flexibility index (Phi) is 5.14. The number of fused-ring (bicyclic) bond motifs is 1. The monoisotopic (exact) mass is 447 g/mol. The van der Waals surface area contributed by atoms with Gasteiger partial charge in [-0.2, -0.15) is 5.10 Å². The summed E-state index contributed by atoms with van der Waals surface area (Å²) in [6, 6.07) is 12.4. The minimum absolute atomic E-state index is 0.212. The van der Waals surface area contributed by atoms with Crippen LogP contribution in [0.4, 0.5) is 5.69 Å². The molecule has 1 N–H and O–H groups in total. The first-order chi connectivity index (χ1) is 15.5.